The molecule has 0 aliphatic heterocycles. The Bertz CT molecular complexity index is 565. The fraction of sp³-hybridized carbons (Fsp3) is 0.500. The first kappa shape index (κ1) is 11.2. The van der Waals surface area contributed by atoms with Crippen molar-refractivity contribution in [1.29, 1.82) is 0 Å². The van der Waals surface area contributed by atoms with Gasteiger partial charge in [-0.05, 0) is 40.9 Å². The minimum absolute atomic E-state index is 0.0553. The lowest BCUT2D eigenvalue weighted by molar-refractivity contribution is 0.400. The summed E-state index contributed by atoms with van der Waals surface area (Å²) in [5, 5.41) is 8.57. The van der Waals surface area contributed by atoms with E-state index >= 15 is 0 Å². The van der Waals surface area contributed by atoms with Gasteiger partial charge in [-0.1, -0.05) is 13.3 Å². The number of pyridine rings is 1. The number of nitrogens with zero attached hydrogens (tertiary/aromatic N) is 3. The predicted octanol–water partition coefficient (Wildman–Crippen LogP) is 2.26. The smallest absolute Gasteiger partial charge is 0.160 e. The van der Waals surface area contributed by atoms with Crippen LogP contribution in [0.4, 0.5) is 0 Å². The highest BCUT2D eigenvalue weighted by Crippen LogP contribution is 2.39. The van der Waals surface area contributed by atoms with Gasteiger partial charge in [-0.15, -0.1) is 10.2 Å². The van der Waals surface area contributed by atoms with Crippen molar-refractivity contribution in [2.75, 3.05) is 0 Å². The van der Waals surface area contributed by atoms with Gasteiger partial charge in [0, 0.05) is 22.1 Å². The first-order valence-electron chi connectivity index (χ1n) is 5.87. The third-order valence-electron chi connectivity index (χ3n) is 3.91. The van der Waals surface area contributed by atoms with Crippen LogP contribution in [0.25, 0.3) is 5.65 Å². The molecule has 90 valence electrons. The van der Waals surface area contributed by atoms with E-state index in [1.165, 1.54) is 6.42 Å². The van der Waals surface area contributed by atoms with Gasteiger partial charge in [-0.3, -0.25) is 4.40 Å². The molecular formula is C12H15BrN4. The summed E-state index contributed by atoms with van der Waals surface area (Å²) >= 11 is 3.48. The highest BCUT2D eigenvalue weighted by Gasteiger charge is 2.41. The van der Waals surface area contributed by atoms with Gasteiger partial charge in [-0.25, -0.2) is 0 Å². The van der Waals surface area contributed by atoms with E-state index in [1.54, 1.807) is 0 Å². The molecule has 2 aromatic heterocycles. The van der Waals surface area contributed by atoms with Crippen molar-refractivity contribution in [2.24, 2.45) is 5.73 Å². The highest BCUT2D eigenvalue weighted by atomic mass is 79.9. The second kappa shape index (κ2) is 3.78. The van der Waals surface area contributed by atoms with Crippen molar-refractivity contribution in [3.05, 3.63) is 28.6 Å². The maximum Gasteiger partial charge on any atom is 0.160 e. The molecule has 2 N–H and O–H groups in total. The molecule has 0 radical (unpaired) electrons. The van der Waals surface area contributed by atoms with Crippen molar-refractivity contribution < 1.29 is 0 Å². The summed E-state index contributed by atoms with van der Waals surface area (Å²) in [6.07, 6.45) is 5.34. The maximum atomic E-state index is 6.24. The van der Waals surface area contributed by atoms with Crippen molar-refractivity contribution >= 4 is 21.6 Å². The van der Waals surface area contributed by atoms with Crippen LogP contribution >= 0.6 is 15.9 Å². The van der Waals surface area contributed by atoms with Crippen LogP contribution in [-0.4, -0.2) is 20.6 Å². The third kappa shape index (κ3) is 1.60. The topological polar surface area (TPSA) is 56.2 Å². The minimum atomic E-state index is -0.0553. The Morgan fingerprint density at radius 2 is 2.29 bits per heavy atom. The van der Waals surface area contributed by atoms with Gasteiger partial charge in [0.1, 0.15) is 5.82 Å². The Balaban J connectivity index is 2.20. The van der Waals surface area contributed by atoms with Gasteiger partial charge in [0.25, 0.3) is 0 Å². The molecule has 2 atom stereocenters. The molecule has 5 heteroatoms. The standard InChI is InChI=1S/C12H15BrN4/c1-12(6-2-3-9(12)14)11-16-15-10-5-4-8(13)7-17(10)11/h4-5,7,9H,2-3,6,14H2,1H3. The SMILES string of the molecule is CC1(c2nnc3ccc(Br)cn23)CCCC1N. The summed E-state index contributed by atoms with van der Waals surface area (Å²) in [5.74, 6) is 0.985. The summed E-state index contributed by atoms with van der Waals surface area (Å²) in [6.45, 7) is 2.20. The number of nitrogens with two attached hydrogens (primary N) is 1. The van der Waals surface area contributed by atoms with Gasteiger partial charge in [0.2, 0.25) is 0 Å². The molecule has 1 aliphatic rings. The molecule has 2 heterocycles. The van der Waals surface area contributed by atoms with E-state index in [2.05, 4.69) is 37.5 Å². The summed E-state index contributed by atoms with van der Waals surface area (Å²) in [4.78, 5) is 0. The molecule has 2 unspecified atom stereocenters. The summed E-state index contributed by atoms with van der Waals surface area (Å²) in [5.41, 5.74) is 7.06. The molecule has 0 saturated heterocycles. The van der Waals surface area contributed by atoms with Crippen molar-refractivity contribution in [3.8, 4) is 0 Å². The first-order valence-corrected chi connectivity index (χ1v) is 6.67. The van der Waals surface area contributed by atoms with Gasteiger partial charge < -0.3 is 5.73 Å². The number of hydrogen-bond acceptors (Lipinski definition) is 3. The second-order valence-electron chi connectivity index (χ2n) is 5.02. The van der Waals surface area contributed by atoms with Crippen molar-refractivity contribution in [3.63, 3.8) is 0 Å². The lowest BCUT2D eigenvalue weighted by atomic mass is 9.84. The number of fused-ring (bicyclic) bond motifs is 1. The number of halogens is 1. The average molecular weight is 295 g/mol. The van der Waals surface area contributed by atoms with Crippen LogP contribution in [0.1, 0.15) is 32.0 Å². The normalized spacial score (nSPS) is 29.0. The van der Waals surface area contributed by atoms with E-state index in [4.69, 9.17) is 5.73 Å². The summed E-state index contributed by atoms with van der Waals surface area (Å²) in [7, 11) is 0. The zero-order valence-electron chi connectivity index (χ0n) is 9.73. The van der Waals surface area contributed by atoms with E-state index < -0.39 is 0 Å². The van der Waals surface area contributed by atoms with Crippen molar-refractivity contribution in [1.82, 2.24) is 14.6 Å². The Labute approximate surface area is 108 Å². The molecule has 1 saturated carbocycles. The molecule has 1 aliphatic carbocycles. The molecule has 4 nitrogen and oxygen atoms in total. The summed E-state index contributed by atoms with van der Waals surface area (Å²) in [6, 6.07) is 4.11. The fourth-order valence-electron chi connectivity index (χ4n) is 2.73. The monoisotopic (exact) mass is 294 g/mol. The Kier molecular flexibility index (Phi) is 2.48. The Morgan fingerprint density at radius 1 is 1.47 bits per heavy atom. The molecule has 17 heavy (non-hydrogen) atoms. The number of hydrogen-bond donors (Lipinski definition) is 1. The number of aromatic nitrogens is 3. The van der Waals surface area contributed by atoms with Gasteiger partial charge in [0.05, 0.1) is 0 Å². The molecule has 3 rings (SSSR count). The quantitative estimate of drug-likeness (QED) is 0.878. The van der Waals surface area contributed by atoms with E-state index in [0.29, 0.717) is 0 Å². The van der Waals surface area contributed by atoms with Crippen LogP contribution in [0.2, 0.25) is 0 Å². The van der Waals surface area contributed by atoms with Crippen LogP contribution < -0.4 is 5.73 Å². The molecule has 0 amide bonds. The molecular weight excluding hydrogens is 280 g/mol. The van der Waals surface area contributed by atoms with E-state index in [0.717, 1.165) is 28.8 Å². The Hall–Kier alpha value is -0.940. The lowest BCUT2D eigenvalue weighted by Crippen LogP contribution is -2.39. The lowest BCUT2D eigenvalue weighted by Gasteiger charge is -2.26. The van der Waals surface area contributed by atoms with E-state index in [1.807, 2.05) is 18.3 Å². The minimum Gasteiger partial charge on any atom is -0.327 e. The third-order valence-corrected chi connectivity index (χ3v) is 4.38. The van der Waals surface area contributed by atoms with Gasteiger partial charge >= 0.3 is 0 Å². The average Bonchev–Trinajstić information content (AvgIpc) is 2.84. The van der Waals surface area contributed by atoms with Crippen molar-refractivity contribution in [2.45, 2.75) is 37.6 Å². The fourth-order valence-corrected chi connectivity index (χ4v) is 3.06. The first-order chi connectivity index (χ1) is 8.11. The molecule has 2 aromatic rings. The highest BCUT2D eigenvalue weighted by molar-refractivity contribution is 9.10. The molecule has 0 bridgehead atoms. The zero-order chi connectivity index (χ0) is 12.0. The van der Waals surface area contributed by atoms with Crippen LogP contribution in [-0.2, 0) is 5.41 Å². The van der Waals surface area contributed by atoms with Gasteiger partial charge in [-0.2, -0.15) is 0 Å². The van der Waals surface area contributed by atoms with Crippen LogP contribution in [0.15, 0.2) is 22.8 Å². The van der Waals surface area contributed by atoms with Crippen LogP contribution in [0.3, 0.4) is 0 Å². The van der Waals surface area contributed by atoms with Crippen LogP contribution in [0, 0.1) is 0 Å². The zero-order valence-corrected chi connectivity index (χ0v) is 11.3. The van der Waals surface area contributed by atoms with Gasteiger partial charge in [0.15, 0.2) is 5.65 Å². The summed E-state index contributed by atoms with van der Waals surface area (Å²) < 4.78 is 3.08. The van der Waals surface area contributed by atoms with Crippen LogP contribution in [0.5, 0.6) is 0 Å². The number of rotatable bonds is 1. The Morgan fingerprint density at radius 3 is 3.00 bits per heavy atom. The molecule has 0 aromatic carbocycles. The largest absolute Gasteiger partial charge is 0.327 e. The maximum absolute atomic E-state index is 6.24. The van der Waals surface area contributed by atoms with E-state index in [9.17, 15) is 0 Å². The molecule has 0 spiro atoms. The predicted molar refractivity (Wildman–Crippen MR) is 69.9 cm³/mol. The van der Waals surface area contributed by atoms with E-state index in [-0.39, 0.29) is 11.5 Å². The second-order valence-corrected chi connectivity index (χ2v) is 5.93. The molecule has 1 fully saturated rings.